The van der Waals surface area contributed by atoms with Crippen molar-refractivity contribution in [2.24, 2.45) is 4.99 Å². The number of aryl methyl sites for hydroxylation is 1. The number of carbonyl (C=O) groups is 1. The van der Waals surface area contributed by atoms with Crippen LogP contribution in [0.4, 0.5) is 5.69 Å². The van der Waals surface area contributed by atoms with E-state index in [1.54, 1.807) is 0 Å². The Kier molecular flexibility index (Phi) is 6.10. The zero-order chi connectivity index (χ0) is 23.0. The van der Waals surface area contributed by atoms with Crippen molar-refractivity contribution < 1.29 is 9.90 Å². The molecule has 3 N–H and O–H groups in total. The lowest BCUT2D eigenvalue weighted by Crippen LogP contribution is -2.49. The van der Waals surface area contributed by atoms with Gasteiger partial charge in [0, 0.05) is 17.8 Å². The molecule has 1 aliphatic heterocycles. The van der Waals surface area contributed by atoms with Crippen molar-refractivity contribution in [2.45, 2.75) is 46.2 Å². The second-order valence-corrected chi connectivity index (χ2v) is 14.3. The fourth-order valence-electron chi connectivity index (χ4n) is 4.70. The summed E-state index contributed by atoms with van der Waals surface area (Å²) in [5.74, 6) is -0.881. The smallest absolute Gasteiger partial charge is 0.346 e. The van der Waals surface area contributed by atoms with Gasteiger partial charge in [-0.15, -0.1) is 11.3 Å². The molecule has 0 radical (unpaired) electrons. The number of hydrogen-bond donors (Lipinski definition) is 2. The minimum atomic E-state index is -2.07. The van der Waals surface area contributed by atoms with Crippen LogP contribution in [0.2, 0.25) is 13.1 Å². The maximum atomic E-state index is 12.1. The molecule has 166 valence electrons. The Morgan fingerprint density at radius 2 is 2.00 bits per heavy atom. The maximum Gasteiger partial charge on any atom is 0.346 e. The van der Waals surface area contributed by atoms with Crippen LogP contribution in [0.3, 0.4) is 0 Å². The number of rotatable bonds is 6. The van der Waals surface area contributed by atoms with Gasteiger partial charge in [-0.2, -0.15) is 0 Å². The number of allylic oxidation sites excluding steroid dienone is 5. The highest BCUT2D eigenvalue weighted by Crippen LogP contribution is 2.44. The molecule has 32 heavy (non-hydrogen) atoms. The Balaban J connectivity index is 1.97. The van der Waals surface area contributed by atoms with Crippen LogP contribution < -0.4 is 10.9 Å². The summed E-state index contributed by atoms with van der Waals surface area (Å²) in [7, 11) is -2.07. The van der Waals surface area contributed by atoms with Gasteiger partial charge in [0.25, 0.3) is 0 Å². The molecule has 0 saturated carbocycles. The van der Waals surface area contributed by atoms with Crippen molar-refractivity contribution in [1.82, 2.24) is 0 Å². The molecule has 2 aromatic rings. The number of nitrogen functional groups attached to an aromatic ring is 1. The number of carboxylic acid groups (broad SMARTS) is 1. The molecule has 2 heterocycles. The molecule has 1 aromatic heterocycles. The van der Waals surface area contributed by atoms with E-state index in [-0.39, 0.29) is 0 Å². The number of benzene rings is 1. The molecular formula is C26H30N2O2SSi. The maximum absolute atomic E-state index is 12.1. The normalized spacial score (nSPS) is 17.9. The molecule has 4 nitrogen and oxygen atoms in total. The fraction of sp³-hybridized carbons (Fsp3) is 0.308. The summed E-state index contributed by atoms with van der Waals surface area (Å²) in [4.78, 5) is 17.3. The lowest BCUT2D eigenvalue weighted by atomic mass is 9.88. The van der Waals surface area contributed by atoms with Crippen molar-refractivity contribution in [3.05, 3.63) is 74.1 Å². The van der Waals surface area contributed by atoms with E-state index in [9.17, 15) is 9.90 Å². The summed E-state index contributed by atoms with van der Waals surface area (Å²) in [5, 5.41) is 14.4. The van der Waals surface area contributed by atoms with Crippen LogP contribution in [-0.4, -0.2) is 31.4 Å². The van der Waals surface area contributed by atoms with E-state index >= 15 is 0 Å². The molecule has 0 bridgehead atoms. The van der Waals surface area contributed by atoms with Crippen molar-refractivity contribution in [2.75, 3.05) is 12.3 Å². The number of thiophene rings is 1. The average molecular weight is 463 g/mol. The molecule has 0 amide bonds. The second kappa shape index (κ2) is 8.68. The van der Waals surface area contributed by atoms with Crippen LogP contribution in [0.25, 0.3) is 5.57 Å². The number of aromatic carboxylic acids is 1. The predicted octanol–water partition coefficient (Wildman–Crippen LogP) is 5.73. The van der Waals surface area contributed by atoms with Crippen LogP contribution in [0.5, 0.6) is 0 Å². The van der Waals surface area contributed by atoms with Gasteiger partial charge >= 0.3 is 5.97 Å². The van der Waals surface area contributed by atoms with Gasteiger partial charge in [-0.1, -0.05) is 45.0 Å². The minimum Gasteiger partial charge on any atom is -0.477 e. The first-order valence-electron chi connectivity index (χ1n) is 11.2. The van der Waals surface area contributed by atoms with Gasteiger partial charge in [-0.05, 0) is 75.7 Å². The number of nitrogens with two attached hydrogens (primary N) is 1. The first kappa shape index (κ1) is 22.5. The average Bonchev–Trinajstić information content (AvgIpc) is 3.14. The van der Waals surface area contributed by atoms with E-state index in [4.69, 9.17) is 10.7 Å². The van der Waals surface area contributed by atoms with Gasteiger partial charge in [0.15, 0.2) is 0 Å². The largest absolute Gasteiger partial charge is 0.477 e. The number of unbranched alkanes of at least 4 members (excludes halogenated alkanes) is 2. The minimum absolute atomic E-state index is 0.390. The van der Waals surface area contributed by atoms with Crippen molar-refractivity contribution in [3.63, 3.8) is 0 Å². The van der Waals surface area contributed by atoms with E-state index in [0.717, 1.165) is 52.2 Å². The Morgan fingerprint density at radius 3 is 2.72 bits per heavy atom. The highest BCUT2D eigenvalue weighted by atomic mass is 32.1. The van der Waals surface area contributed by atoms with Crippen LogP contribution in [-0.2, 0) is 0 Å². The van der Waals surface area contributed by atoms with Gasteiger partial charge < -0.3 is 10.8 Å². The summed E-state index contributed by atoms with van der Waals surface area (Å²) in [6.07, 6.45) is 9.94. The topological polar surface area (TPSA) is 75.7 Å². The quantitative estimate of drug-likeness (QED) is 0.327. The van der Waals surface area contributed by atoms with Crippen molar-refractivity contribution in [3.8, 4) is 0 Å². The number of hydrogen-bond acceptors (Lipinski definition) is 4. The Morgan fingerprint density at radius 1 is 1.22 bits per heavy atom. The Labute approximate surface area is 194 Å². The van der Waals surface area contributed by atoms with Crippen LogP contribution in [0.1, 0.15) is 52.5 Å². The van der Waals surface area contributed by atoms with Gasteiger partial charge in [-0.3, -0.25) is 4.99 Å². The van der Waals surface area contributed by atoms with Crippen LogP contribution >= 0.6 is 11.3 Å². The third kappa shape index (κ3) is 3.82. The molecular weight excluding hydrogens is 432 g/mol. The Bertz CT molecular complexity index is 1210. The highest BCUT2D eigenvalue weighted by molar-refractivity contribution is 7.12. The zero-order valence-electron chi connectivity index (χ0n) is 19.2. The van der Waals surface area contributed by atoms with Gasteiger partial charge in [-0.25, -0.2) is 4.79 Å². The molecule has 0 unspecified atom stereocenters. The fourth-order valence-corrected chi connectivity index (χ4v) is 8.69. The molecule has 0 fully saturated rings. The summed E-state index contributed by atoms with van der Waals surface area (Å²) >= 11 is 1.30. The van der Waals surface area contributed by atoms with Crippen LogP contribution in [0.15, 0.2) is 57.6 Å². The molecule has 6 heteroatoms. The lowest BCUT2D eigenvalue weighted by molar-refractivity contribution is 0.0702. The first-order valence-corrected chi connectivity index (χ1v) is 15.0. The molecule has 2 aliphatic rings. The molecule has 0 atom stereocenters. The third-order valence-corrected chi connectivity index (χ3v) is 11.0. The monoisotopic (exact) mass is 462 g/mol. The molecule has 0 spiro atoms. The Hall–Kier alpha value is -2.70. The second-order valence-electron chi connectivity index (χ2n) is 9.05. The lowest BCUT2D eigenvalue weighted by Gasteiger charge is -2.38. The molecule has 1 aromatic carbocycles. The number of fused-ring (bicyclic) bond motifs is 2. The van der Waals surface area contributed by atoms with E-state index in [2.05, 4.69) is 50.4 Å². The van der Waals surface area contributed by atoms with E-state index in [0.29, 0.717) is 4.88 Å². The highest BCUT2D eigenvalue weighted by Gasteiger charge is 2.40. The summed E-state index contributed by atoms with van der Waals surface area (Å²) in [6, 6.07) is 6.09. The van der Waals surface area contributed by atoms with Gasteiger partial charge in [0.2, 0.25) is 0 Å². The first-order chi connectivity index (χ1) is 15.3. The number of anilines is 1. The van der Waals surface area contributed by atoms with Gasteiger partial charge in [0.1, 0.15) is 13.0 Å². The van der Waals surface area contributed by atoms with E-state index in [1.807, 2.05) is 18.4 Å². The molecule has 4 rings (SSSR count). The molecule has 1 aliphatic carbocycles. The third-order valence-electron chi connectivity index (χ3n) is 6.41. The summed E-state index contributed by atoms with van der Waals surface area (Å²) in [5.41, 5.74) is 13.0. The van der Waals surface area contributed by atoms with E-state index < -0.39 is 14.0 Å². The van der Waals surface area contributed by atoms with E-state index in [1.165, 1.54) is 34.6 Å². The number of nitrogens with zero attached hydrogens (tertiary/aromatic N) is 1. The predicted molar refractivity (Wildman–Crippen MR) is 139 cm³/mol. The van der Waals surface area contributed by atoms with Gasteiger partial charge in [0.05, 0.1) is 5.71 Å². The summed E-state index contributed by atoms with van der Waals surface area (Å²) in [6.45, 7) is 9.73. The SMILES string of the molecule is CCCCCN=C1C=CC2=C(c3c(C)csc3C(=O)O)c3ccc(N)cc3[Si](C)(C)C2=C1. The number of aliphatic imine (C=N–C) groups is 1. The zero-order valence-corrected chi connectivity index (χ0v) is 21.0. The summed E-state index contributed by atoms with van der Waals surface area (Å²) < 4.78 is 0. The van der Waals surface area contributed by atoms with Crippen molar-refractivity contribution in [1.29, 1.82) is 0 Å². The van der Waals surface area contributed by atoms with Crippen molar-refractivity contribution >= 4 is 47.5 Å². The molecule has 0 saturated heterocycles. The number of carboxylic acids is 1. The standard InChI is InChI=1S/C26H30N2O2SSi/c1-5-6-7-12-28-18-9-11-20-22(14-18)32(3,4)21-13-17(27)8-10-19(21)24(20)23-16(2)15-31-25(23)26(29)30/h8-11,13-15H,5-7,12,27H2,1-4H3,(H,29,30). The van der Waals surface area contributed by atoms with Crippen LogP contribution in [0, 0.1) is 6.92 Å².